The highest BCUT2D eigenvalue weighted by Crippen LogP contribution is 2.36. The Balaban J connectivity index is 2.56. The van der Waals surface area contributed by atoms with E-state index in [0.29, 0.717) is 5.92 Å². The minimum absolute atomic E-state index is 0.564. The minimum Gasteiger partial charge on any atom is -0.303 e. The Hall–Kier alpha value is -0.590. The van der Waals surface area contributed by atoms with Crippen LogP contribution in [0.25, 0.3) is 0 Å². The molecule has 1 aliphatic carbocycles. The molecule has 1 nitrogen and oxygen atoms in total. The van der Waals surface area contributed by atoms with E-state index in [9.17, 15) is 4.79 Å². The lowest BCUT2D eigenvalue weighted by atomic mass is 9.72. The van der Waals surface area contributed by atoms with E-state index in [1.165, 1.54) is 25.7 Å². The van der Waals surface area contributed by atoms with Gasteiger partial charge >= 0.3 is 0 Å². The van der Waals surface area contributed by atoms with E-state index in [2.05, 4.69) is 26.0 Å². The first-order chi connectivity index (χ1) is 6.79. The van der Waals surface area contributed by atoms with Crippen LogP contribution in [0.4, 0.5) is 0 Å². The largest absolute Gasteiger partial charge is 0.303 e. The van der Waals surface area contributed by atoms with E-state index in [1.807, 2.05) is 0 Å². The first-order valence-corrected chi connectivity index (χ1v) is 5.86. The van der Waals surface area contributed by atoms with E-state index >= 15 is 0 Å². The molecule has 0 aromatic carbocycles. The molecule has 1 saturated carbocycles. The van der Waals surface area contributed by atoms with Crippen molar-refractivity contribution in [2.45, 2.75) is 46.0 Å². The standard InChI is InChI=1S/C13H22O/c1-3-6-12-7-4-5-8-13(12)11(2)9-10-14/h3,6,10-13H,4-5,7-9H2,1-2H3/b6-3+. The third-order valence-corrected chi connectivity index (χ3v) is 3.51. The van der Waals surface area contributed by atoms with Crippen molar-refractivity contribution in [3.63, 3.8) is 0 Å². The molecule has 0 aromatic heterocycles. The minimum atomic E-state index is 0.564. The zero-order chi connectivity index (χ0) is 10.4. The van der Waals surface area contributed by atoms with Crippen LogP contribution < -0.4 is 0 Å². The molecule has 1 fully saturated rings. The van der Waals surface area contributed by atoms with Crippen molar-refractivity contribution in [3.8, 4) is 0 Å². The Morgan fingerprint density at radius 1 is 1.36 bits per heavy atom. The molecule has 3 atom stereocenters. The molecule has 0 heterocycles. The van der Waals surface area contributed by atoms with Crippen LogP contribution in [0.15, 0.2) is 12.2 Å². The monoisotopic (exact) mass is 194 g/mol. The van der Waals surface area contributed by atoms with Gasteiger partial charge in [0.05, 0.1) is 0 Å². The molecule has 3 unspecified atom stereocenters. The maximum Gasteiger partial charge on any atom is 0.120 e. The van der Waals surface area contributed by atoms with Gasteiger partial charge in [-0.15, -0.1) is 0 Å². The predicted molar refractivity (Wildman–Crippen MR) is 60.1 cm³/mol. The number of hydrogen-bond donors (Lipinski definition) is 0. The molecule has 0 aromatic rings. The molecule has 0 amide bonds. The SMILES string of the molecule is C/C=C/C1CCCCC1C(C)CC=O. The second kappa shape index (κ2) is 6.00. The second-order valence-corrected chi connectivity index (χ2v) is 4.52. The van der Waals surface area contributed by atoms with E-state index in [0.717, 1.165) is 24.5 Å². The summed E-state index contributed by atoms with van der Waals surface area (Å²) in [6, 6.07) is 0. The van der Waals surface area contributed by atoms with Crippen LogP contribution in [-0.4, -0.2) is 6.29 Å². The van der Waals surface area contributed by atoms with Gasteiger partial charge in [0.15, 0.2) is 0 Å². The molecule has 1 rings (SSSR count). The Morgan fingerprint density at radius 3 is 2.71 bits per heavy atom. The molecule has 0 saturated heterocycles. The lowest BCUT2D eigenvalue weighted by Crippen LogP contribution is -2.24. The van der Waals surface area contributed by atoms with Crippen LogP contribution in [0.5, 0.6) is 0 Å². The van der Waals surface area contributed by atoms with Gasteiger partial charge < -0.3 is 4.79 Å². The lowest BCUT2D eigenvalue weighted by molar-refractivity contribution is -0.109. The fourth-order valence-corrected chi connectivity index (χ4v) is 2.71. The zero-order valence-electron chi connectivity index (χ0n) is 9.41. The van der Waals surface area contributed by atoms with Crippen molar-refractivity contribution in [3.05, 3.63) is 12.2 Å². The van der Waals surface area contributed by atoms with Crippen molar-refractivity contribution >= 4 is 6.29 Å². The highest BCUT2D eigenvalue weighted by Gasteiger charge is 2.27. The number of carbonyl (C=O) groups is 1. The van der Waals surface area contributed by atoms with Crippen LogP contribution in [-0.2, 0) is 4.79 Å². The second-order valence-electron chi connectivity index (χ2n) is 4.52. The average Bonchev–Trinajstić information content (AvgIpc) is 2.19. The van der Waals surface area contributed by atoms with Crippen LogP contribution in [0.3, 0.4) is 0 Å². The van der Waals surface area contributed by atoms with Crippen LogP contribution in [0, 0.1) is 17.8 Å². The summed E-state index contributed by atoms with van der Waals surface area (Å²) < 4.78 is 0. The summed E-state index contributed by atoms with van der Waals surface area (Å²) >= 11 is 0. The average molecular weight is 194 g/mol. The molecule has 1 heteroatoms. The molecule has 0 bridgehead atoms. The molecule has 0 radical (unpaired) electrons. The number of allylic oxidation sites excluding steroid dienone is 2. The van der Waals surface area contributed by atoms with Crippen molar-refractivity contribution in [2.75, 3.05) is 0 Å². The number of rotatable bonds is 4. The summed E-state index contributed by atoms with van der Waals surface area (Å²) in [5, 5.41) is 0. The molecular weight excluding hydrogens is 172 g/mol. The third-order valence-electron chi connectivity index (χ3n) is 3.51. The highest BCUT2D eigenvalue weighted by molar-refractivity contribution is 5.49. The van der Waals surface area contributed by atoms with E-state index in [4.69, 9.17) is 0 Å². The van der Waals surface area contributed by atoms with Crippen LogP contribution in [0.2, 0.25) is 0 Å². The van der Waals surface area contributed by atoms with Crippen molar-refractivity contribution < 1.29 is 4.79 Å². The quantitative estimate of drug-likeness (QED) is 0.493. The predicted octanol–water partition coefficient (Wildman–Crippen LogP) is 3.59. The maximum absolute atomic E-state index is 10.5. The topological polar surface area (TPSA) is 17.1 Å². The van der Waals surface area contributed by atoms with Gasteiger partial charge in [0, 0.05) is 6.42 Å². The molecule has 0 spiro atoms. The van der Waals surface area contributed by atoms with Crippen LogP contribution >= 0.6 is 0 Å². The summed E-state index contributed by atoms with van der Waals surface area (Å²) in [6.45, 7) is 4.32. The highest BCUT2D eigenvalue weighted by atomic mass is 16.1. The van der Waals surface area contributed by atoms with Gasteiger partial charge in [-0.2, -0.15) is 0 Å². The molecular formula is C13H22O. The van der Waals surface area contributed by atoms with Gasteiger partial charge in [0.25, 0.3) is 0 Å². The van der Waals surface area contributed by atoms with Crippen molar-refractivity contribution in [2.24, 2.45) is 17.8 Å². The first-order valence-electron chi connectivity index (χ1n) is 5.86. The Bertz CT molecular complexity index is 195. The van der Waals surface area contributed by atoms with Gasteiger partial charge in [-0.25, -0.2) is 0 Å². The van der Waals surface area contributed by atoms with Gasteiger partial charge in [-0.05, 0) is 37.5 Å². The van der Waals surface area contributed by atoms with Crippen molar-refractivity contribution in [1.82, 2.24) is 0 Å². The summed E-state index contributed by atoms with van der Waals surface area (Å²) in [4.78, 5) is 10.5. The fraction of sp³-hybridized carbons (Fsp3) is 0.769. The van der Waals surface area contributed by atoms with E-state index in [-0.39, 0.29) is 0 Å². The molecule has 1 aliphatic rings. The van der Waals surface area contributed by atoms with Crippen LogP contribution in [0.1, 0.15) is 46.0 Å². The Morgan fingerprint density at radius 2 is 2.07 bits per heavy atom. The summed E-state index contributed by atoms with van der Waals surface area (Å²) in [6.07, 6.45) is 11.6. The van der Waals surface area contributed by atoms with Gasteiger partial charge in [0.1, 0.15) is 6.29 Å². The fourth-order valence-electron chi connectivity index (χ4n) is 2.71. The van der Waals surface area contributed by atoms with E-state index in [1.54, 1.807) is 0 Å². The summed E-state index contributed by atoms with van der Waals surface area (Å²) in [5.41, 5.74) is 0. The van der Waals surface area contributed by atoms with Gasteiger partial charge in [-0.3, -0.25) is 0 Å². The Labute approximate surface area is 87.6 Å². The number of hydrogen-bond acceptors (Lipinski definition) is 1. The normalized spacial score (nSPS) is 30.4. The molecule has 0 aliphatic heterocycles. The van der Waals surface area contributed by atoms with Crippen molar-refractivity contribution in [1.29, 1.82) is 0 Å². The van der Waals surface area contributed by atoms with Gasteiger partial charge in [0.2, 0.25) is 0 Å². The number of aldehydes is 1. The molecule has 0 N–H and O–H groups in total. The molecule has 80 valence electrons. The number of carbonyl (C=O) groups excluding carboxylic acids is 1. The van der Waals surface area contributed by atoms with Gasteiger partial charge in [-0.1, -0.05) is 31.9 Å². The molecule has 14 heavy (non-hydrogen) atoms. The summed E-state index contributed by atoms with van der Waals surface area (Å²) in [5.74, 6) is 2.03. The third kappa shape index (κ3) is 2.97. The lowest BCUT2D eigenvalue weighted by Gasteiger charge is -2.33. The summed E-state index contributed by atoms with van der Waals surface area (Å²) in [7, 11) is 0. The Kier molecular flexibility index (Phi) is 4.92. The maximum atomic E-state index is 10.5. The smallest absolute Gasteiger partial charge is 0.120 e. The first kappa shape index (κ1) is 11.5. The zero-order valence-corrected chi connectivity index (χ0v) is 9.41. The van der Waals surface area contributed by atoms with E-state index < -0.39 is 0 Å².